The molecule has 6 heteroatoms. The summed E-state index contributed by atoms with van der Waals surface area (Å²) in [6.45, 7) is 9.98. The molecule has 0 atom stereocenters. The molecular formula is C24H34N4O2. The number of aliphatic imine (C=N–C) groups is 1. The van der Waals surface area contributed by atoms with E-state index in [9.17, 15) is 4.79 Å². The number of hydrogen-bond acceptors (Lipinski definition) is 3. The Hall–Kier alpha value is -3.02. The predicted molar refractivity (Wildman–Crippen MR) is 124 cm³/mol. The fourth-order valence-corrected chi connectivity index (χ4v) is 2.84. The molecule has 0 aliphatic heterocycles. The number of amides is 1. The van der Waals surface area contributed by atoms with Crippen molar-refractivity contribution in [3.8, 4) is 5.75 Å². The molecule has 0 bridgehead atoms. The number of benzene rings is 2. The van der Waals surface area contributed by atoms with Crippen LogP contribution in [0.15, 0.2) is 47.5 Å². The highest BCUT2D eigenvalue weighted by Gasteiger charge is 2.07. The van der Waals surface area contributed by atoms with Gasteiger partial charge < -0.3 is 20.7 Å². The Labute approximate surface area is 180 Å². The quantitative estimate of drug-likeness (QED) is 0.433. The molecule has 1 amide bonds. The van der Waals surface area contributed by atoms with Crippen molar-refractivity contribution in [3.63, 3.8) is 0 Å². The van der Waals surface area contributed by atoms with Crippen molar-refractivity contribution in [2.24, 2.45) is 10.9 Å². The molecule has 0 aliphatic carbocycles. The number of aryl methyl sites for hydroxylation is 1. The fourth-order valence-electron chi connectivity index (χ4n) is 2.84. The molecular weight excluding hydrogens is 376 g/mol. The third-order valence-corrected chi connectivity index (χ3v) is 4.69. The van der Waals surface area contributed by atoms with Gasteiger partial charge in [-0.1, -0.05) is 38.1 Å². The summed E-state index contributed by atoms with van der Waals surface area (Å²) >= 11 is 0. The lowest BCUT2D eigenvalue weighted by molar-refractivity contribution is -0.118. The number of methoxy groups -OCH3 is 1. The highest BCUT2D eigenvalue weighted by atomic mass is 16.5. The van der Waals surface area contributed by atoms with Crippen molar-refractivity contribution in [1.29, 1.82) is 0 Å². The lowest BCUT2D eigenvalue weighted by Gasteiger charge is -2.12. The molecule has 30 heavy (non-hydrogen) atoms. The van der Waals surface area contributed by atoms with E-state index in [4.69, 9.17) is 4.74 Å². The molecule has 0 saturated heterocycles. The summed E-state index contributed by atoms with van der Waals surface area (Å²) in [5.74, 6) is 1.68. The summed E-state index contributed by atoms with van der Waals surface area (Å²) in [5, 5.41) is 9.56. The van der Waals surface area contributed by atoms with Crippen molar-refractivity contribution in [2.45, 2.75) is 40.7 Å². The van der Waals surface area contributed by atoms with Crippen LogP contribution in [0.25, 0.3) is 0 Å². The predicted octanol–water partition coefficient (Wildman–Crippen LogP) is 3.90. The van der Waals surface area contributed by atoms with E-state index in [2.05, 4.69) is 39.1 Å². The number of guanidine groups is 1. The number of carbonyl (C=O) groups excluding carboxylic acids is 1. The average molecular weight is 411 g/mol. The van der Waals surface area contributed by atoms with Crippen molar-refractivity contribution in [2.75, 3.05) is 25.5 Å². The molecule has 2 aromatic carbocycles. The number of carbonyl (C=O) groups is 1. The number of rotatable bonds is 9. The van der Waals surface area contributed by atoms with Crippen LogP contribution in [0.3, 0.4) is 0 Å². The van der Waals surface area contributed by atoms with E-state index >= 15 is 0 Å². The number of ether oxygens (including phenoxy) is 1. The standard InChI is InChI=1S/C24H34N4O2/c1-6-25-24(26-14-13-19-8-7-18(4)22(15-19)30-5)27-16-20-9-11-21(12-10-20)28-23(29)17(2)3/h7-12,15,17H,6,13-14,16H2,1-5H3,(H,28,29)(H2,25,26,27). The van der Waals surface area contributed by atoms with Gasteiger partial charge >= 0.3 is 0 Å². The summed E-state index contributed by atoms with van der Waals surface area (Å²) in [4.78, 5) is 16.4. The van der Waals surface area contributed by atoms with Crippen molar-refractivity contribution < 1.29 is 9.53 Å². The van der Waals surface area contributed by atoms with E-state index in [1.54, 1.807) is 7.11 Å². The topological polar surface area (TPSA) is 74.8 Å². The van der Waals surface area contributed by atoms with E-state index < -0.39 is 0 Å². The van der Waals surface area contributed by atoms with Gasteiger partial charge in [0.25, 0.3) is 0 Å². The lowest BCUT2D eigenvalue weighted by atomic mass is 10.1. The van der Waals surface area contributed by atoms with Gasteiger partial charge in [0.15, 0.2) is 5.96 Å². The molecule has 0 aromatic heterocycles. The molecule has 2 rings (SSSR count). The Morgan fingerprint density at radius 1 is 1.07 bits per heavy atom. The molecule has 0 heterocycles. The van der Waals surface area contributed by atoms with Crippen molar-refractivity contribution in [1.82, 2.24) is 10.6 Å². The summed E-state index contributed by atoms with van der Waals surface area (Å²) in [5.41, 5.74) is 4.25. The minimum absolute atomic E-state index is 0.0191. The maximum atomic E-state index is 11.8. The molecule has 162 valence electrons. The first-order valence-corrected chi connectivity index (χ1v) is 10.5. The number of nitrogens with zero attached hydrogens (tertiary/aromatic N) is 1. The molecule has 0 fully saturated rings. The zero-order chi connectivity index (χ0) is 21.9. The lowest BCUT2D eigenvalue weighted by Crippen LogP contribution is -2.38. The van der Waals surface area contributed by atoms with Gasteiger partial charge in [-0.25, -0.2) is 4.99 Å². The maximum Gasteiger partial charge on any atom is 0.226 e. The van der Waals surface area contributed by atoms with Crippen LogP contribution >= 0.6 is 0 Å². The van der Waals surface area contributed by atoms with E-state index in [1.807, 2.05) is 52.0 Å². The second-order valence-corrected chi connectivity index (χ2v) is 7.52. The van der Waals surface area contributed by atoms with Gasteiger partial charge in [-0.05, 0) is 55.2 Å². The fraction of sp³-hybridized carbons (Fsp3) is 0.417. The summed E-state index contributed by atoms with van der Waals surface area (Å²) < 4.78 is 5.40. The van der Waals surface area contributed by atoms with Gasteiger partial charge in [-0.3, -0.25) is 4.79 Å². The smallest absolute Gasteiger partial charge is 0.226 e. The van der Waals surface area contributed by atoms with E-state index in [0.717, 1.165) is 48.0 Å². The minimum Gasteiger partial charge on any atom is -0.496 e. The van der Waals surface area contributed by atoms with Gasteiger partial charge in [-0.15, -0.1) is 0 Å². The molecule has 6 nitrogen and oxygen atoms in total. The number of nitrogens with one attached hydrogen (secondary N) is 3. The molecule has 0 radical (unpaired) electrons. The Bertz CT molecular complexity index is 845. The third-order valence-electron chi connectivity index (χ3n) is 4.69. The van der Waals surface area contributed by atoms with Gasteiger partial charge in [0, 0.05) is 24.7 Å². The average Bonchev–Trinajstić information content (AvgIpc) is 2.74. The highest BCUT2D eigenvalue weighted by molar-refractivity contribution is 5.92. The molecule has 3 N–H and O–H groups in total. The van der Waals surface area contributed by atoms with Gasteiger partial charge in [-0.2, -0.15) is 0 Å². The van der Waals surface area contributed by atoms with Crippen LogP contribution in [0.2, 0.25) is 0 Å². The first-order valence-electron chi connectivity index (χ1n) is 10.5. The first-order chi connectivity index (χ1) is 14.4. The molecule has 0 spiro atoms. The number of anilines is 1. The van der Waals surface area contributed by atoms with E-state index in [-0.39, 0.29) is 11.8 Å². The Morgan fingerprint density at radius 2 is 1.77 bits per heavy atom. The Morgan fingerprint density at radius 3 is 2.40 bits per heavy atom. The second kappa shape index (κ2) is 11.9. The summed E-state index contributed by atoms with van der Waals surface area (Å²) in [6.07, 6.45) is 0.880. The normalized spacial score (nSPS) is 11.3. The van der Waals surface area contributed by atoms with Crippen LogP contribution in [-0.2, 0) is 17.8 Å². The first kappa shape index (κ1) is 23.3. The third kappa shape index (κ3) is 7.43. The van der Waals surface area contributed by atoms with Crippen LogP contribution in [0.5, 0.6) is 5.75 Å². The van der Waals surface area contributed by atoms with Crippen LogP contribution < -0.4 is 20.7 Å². The molecule has 0 aliphatic rings. The summed E-state index contributed by atoms with van der Waals surface area (Å²) in [7, 11) is 1.70. The highest BCUT2D eigenvalue weighted by Crippen LogP contribution is 2.19. The van der Waals surface area contributed by atoms with E-state index in [0.29, 0.717) is 6.54 Å². The van der Waals surface area contributed by atoms with Crippen LogP contribution in [0.1, 0.15) is 37.5 Å². The zero-order valence-corrected chi connectivity index (χ0v) is 18.7. The van der Waals surface area contributed by atoms with Crippen LogP contribution in [-0.4, -0.2) is 32.1 Å². The van der Waals surface area contributed by atoms with Gasteiger partial charge in [0.05, 0.1) is 13.7 Å². The van der Waals surface area contributed by atoms with Crippen LogP contribution in [0, 0.1) is 12.8 Å². The van der Waals surface area contributed by atoms with Crippen molar-refractivity contribution >= 4 is 17.6 Å². The van der Waals surface area contributed by atoms with E-state index in [1.165, 1.54) is 5.56 Å². The summed E-state index contributed by atoms with van der Waals surface area (Å²) in [6, 6.07) is 14.1. The minimum atomic E-state index is -0.0379. The number of hydrogen-bond donors (Lipinski definition) is 3. The maximum absolute atomic E-state index is 11.8. The van der Waals surface area contributed by atoms with Gasteiger partial charge in [0.2, 0.25) is 5.91 Å². The molecule has 0 unspecified atom stereocenters. The SMILES string of the molecule is CCNC(=NCc1ccc(NC(=O)C(C)C)cc1)NCCc1ccc(C)c(OC)c1. The zero-order valence-electron chi connectivity index (χ0n) is 18.7. The second-order valence-electron chi connectivity index (χ2n) is 7.52. The Balaban J connectivity index is 1.90. The van der Waals surface area contributed by atoms with Crippen LogP contribution in [0.4, 0.5) is 5.69 Å². The molecule has 2 aromatic rings. The largest absolute Gasteiger partial charge is 0.496 e. The Kier molecular flexibility index (Phi) is 9.19. The van der Waals surface area contributed by atoms with Crippen molar-refractivity contribution in [3.05, 3.63) is 59.2 Å². The van der Waals surface area contributed by atoms with Gasteiger partial charge in [0.1, 0.15) is 5.75 Å². The monoisotopic (exact) mass is 410 g/mol. The molecule has 0 saturated carbocycles.